The van der Waals surface area contributed by atoms with E-state index in [-0.39, 0.29) is 23.4 Å². The van der Waals surface area contributed by atoms with Gasteiger partial charge < -0.3 is 20.3 Å². The van der Waals surface area contributed by atoms with E-state index in [1.807, 2.05) is 19.9 Å². The molecule has 3 aliphatic rings. The van der Waals surface area contributed by atoms with E-state index in [0.717, 1.165) is 63.0 Å². The molecule has 2 heterocycles. The minimum absolute atomic E-state index is 0.0664. The molecule has 6 heteroatoms. The zero-order chi connectivity index (χ0) is 21.1. The first-order chi connectivity index (χ1) is 14.4. The fourth-order valence-corrected chi connectivity index (χ4v) is 5.48. The second kappa shape index (κ2) is 9.13. The van der Waals surface area contributed by atoms with Gasteiger partial charge in [0.25, 0.3) is 0 Å². The quantitative estimate of drug-likeness (QED) is 0.699. The summed E-state index contributed by atoms with van der Waals surface area (Å²) < 4.78 is 19.2. The predicted molar refractivity (Wildman–Crippen MR) is 117 cm³/mol. The van der Waals surface area contributed by atoms with Crippen LogP contribution >= 0.6 is 0 Å². The summed E-state index contributed by atoms with van der Waals surface area (Å²) in [4.78, 5) is 14.8. The van der Waals surface area contributed by atoms with Crippen molar-refractivity contribution in [2.75, 3.05) is 31.6 Å². The molecule has 30 heavy (non-hydrogen) atoms. The van der Waals surface area contributed by atoms with Crippen LogP contribution in [-0.4, -0.2) is 49.3 Å². The van der Waals surface area contributed by atoms with Crippen molar-refractivity contribution < 1.29 is 13.9 Å². The van der Waals surface area contributed by atoms with Crippen LogP contribution in [0.1, 0.15) is 64.4 Å². The first-order valence-corrected chi connectivity index (χ1v) is 11.7. The molecule has 2 aliphatic heterocycles. The smallest absolute Gasteiger partial charge is 0.407 e. The summed E-state index contributed by atoms with van der Waals surface area (Å²) in [6, 6.07) is 5.85. The molecule has 2 fully saturated rings. The Kier molecular flexibility index (Phi) is 6.51. The first kappa shape index (κ1) is 21.4. The maximum Gasteiger partial charge on any atom is 0.407 e. The van der Waals surface area contributed by atoms with Crippen molar-refractivity contribution in [2.24, 2.45) is 5.92 Å². The van der Waals surface area contributed by atoms with Crippen LogP contribution < -0.4 is 10.6 Å². The standard InChI is InChI=1S/C24H36FN3O2/c1-17(2)15-30-23(29)27-19-5-3-4-6-20(14-19)28-11-9-24(10-12-28)16-26-22-8-7-18(25)13-21(22)24/h7-8,13,17,19-20,26H,3-6,9-12,14-16H2,1-2H3,(H,27,29). The minimum atomic E-state index is -0.275. The fourth-order valence-electron chi connectivity index (χ4n) is 5.48. The number of carbonyl (C=O) groups excluding carboxylic acids is 1. The fraction of sp³-hybridized carbons (Fsp3) is 0.708. The number of anilines is 1. The molecular formula is C24H36FN3O2. The molecule has 1 aliphatic carbocycles. The lowest BCUT2D eigenvalue weighted by molar-refractivity contribution is 0.102. The highest BCUT2D eigenvalue weighted by Gasteiger charge is 2.43. The number of likely N-dealkylation sites (tertiary alicyclic amines) is 1. The van der Waals surface area contributed by atoms with E-state index in [2.05, 4.69) is 15.5 Å². The largest absolute Gasteiger partial charge is 0.449 e. The molecular weight excluding hydrogens is 381 g/mol. The Hall–Kier alpha value is -1.82. The molecule has 4 rings (SSSR count). The van der Waals surface area contributed by atoms with Crippen LogP contribution in [0.4, 0.5) is 14.9 Å². The second-order valence-electron chi connectivity index (χ2n) is 9.87. The summed E-state index contributed by atoms with van der Waals surface area (Å²) in [7, 11) is 0. The molecule has 0 aromatic heterocycles. The summed E-state index contributed by atoms with van der Waals surface area (Å²) in [6.07, 6.45) is 7.41. The zero-order valence-electron chi connectivity index (χ0n) is 18.4. The van der Waals surface area contributed by atoms with Gasteiger partial charge in [-0.2, -0.15) is 0 Å². The van der Waals surface area contributed by atoms with Crippen LogP contribution in [0.3, 0.4) is 0 Å². The third kappa shape index (κ3) is 4.74. The molecule has 2 N–H and O–H groups in total. The Bertz CT molecular complexity index is 746. The number of piperidine rings is 1. The van der Waals surface area contributed by atoms with E-state index in [9.17, 15) is 9.18 Å². The summed E-state index contributed by atoms with van der Waals surface area (Å²) in [5, 5.41) is 6.61. The van der Waals surface area contributed by atoms with Gasteiger partial charge in [0.05, 0.1) is 6.61 Å². The van der Waals surface area contributed by atoms with Crippen LogP contribution in [0, 0.1) is 11.7 Å². The monoisotopic (exact) mass is 417 g/mol. The summed E-state index contributed by atoms with van der Waals surface area (Å²) in [5.41, 5.74) is 2.33. The van der Waals surface area contributed by atoms with Crippen LogP contribution in [-0.2, 0) is 10.2 Å². The molecule has 0 radical (unpaired) electrons. The molecule has 166 valence electrons. The summed E-state index contributed by atoms with van der Waals surface area (Å²) in [6.45, 7) is 7.54. The van der Waals surface area contributed by atoms with E-state index in [1.165, 1.54) is 12.8 Å². The number of nitrogens with one attached hydrogen (secondary N) is 2. The number of carbonyl (C=O) groups is 1. The van der Waals surface area contributed by atoms with Crippen LogP contribution in [0.5, 0.6) is 0 Å². The highest BCUT2D eigenvalue weighted by molar-refractivity contribution is 5.67. The maximum atomic E-state index is 13.9. The lowest BCUT2D eigenvalue weighted by atomic mass is 9.74. The number of halogens is 1. The summed E-state index contributed by atoms with van der Waals surface area (Å²) >= 11 is 0. The lowest BCUT2D eigenvalue weighted by Gasteiger charge is -2.43. The number of benzene rings is 1. The Balaban J connectivity index is 1.34. The molecule has 0 bridgehead atoms. The van der Waals surface area contributed by atoms with Gasteiger partial charge >= 0.3 is 6.09 Å². The number of nitrogens with zero attached hydrogens (tertiary/aromatic N) is 1. The lowest BCUT2D eigenvalue weighted by Crippen LogP contribution is -2.49. The second-order valence-corrected chi connectivity index (χ2v) is 9.87. The molecule has 1 saturated carbocycles. The van der Waals surface area contributed by atoms with Crippen molar-refractivity contribution in [3.8, 4) is 0 Å². The van der Waals surface area contributed by atoms with Crippen molar-refractivity contribution in [3.05, 3.63) is 29.6 Å². The minimum Gasteiger partial charge on any atom is -0.449 e. The van der Waals surface area contributed by atoms with Crippen molar-refractivity contribution >= 4 is 11.8 Å². The summed E-state index contributed by atoms with van der Waals surface area (Å²) in [5.74, 6) is 0.211. The number of ether oxygens (including phenoxy) is 1. The number of fused-ring (bicyclic) bond motifs is 2. The van der Waals surface area contributed by atoms with Gasteiger partial charge in [-0.25, -0.2) is 9.18 Å². The third-order valence-corrected chi connectivity index (χ3v) is 7.21. The van der Waals surface area contributed by atoms with Gasteiger partial charge in [-0.3, -0.25) is 0 Å². The van der Waals surface area contributed by atoms with E-state index < -0.39 is 0 Å². The highest BCUT2D eigenvalue weighted by Crippen LogP contribution is 2.45. The Morgan fingerprint density at radius 1 is 1.30 bits per heavy atom. The average molecular weight is 418 g/mol. The molecule has 1 spiro atoms. The van der Waals surface area contributed by atoms with Gasteiger partial charge in [0.15, 0.2) is 0 Å². The van der Waals surface area contributed by atoms with Gasteiger partial charge in [0.1, 0.15) is 5.82 Å². The zero-order valence-corrected chi connectivity index (χ0v) is 18.4. The van der Waals surface area contributed by atoms with Crippen molar-refractivity contribution in [1.29, 1.82) is 0 Å². The predicted octanol–water partition coefficient (Wildman–Crippen LogP) is 4.67. The van der Waals surface area contributed by atoms with Gasteiger partial charge in [0, 0.05) is 29.7 Å². The van der Waals surface area contributed by atoms with Crippen LogP contribution in [0.2, 0.25) is 0 Å². The molecule has 1 aromatic rings. The Morgan fingerprint density at radius 3 is 2.83 bits per heavy atom. The van der Waals surface area contributed by atoms with Crippen molar-refractivity contribution in [3.63, 3.8) is 0 Å². The molecule has 2 atom stereocenters. The molecule has 1 amide bonds. The normalized spacial score (nSPS) is 26.1. The Morgan fingerprint density at radius 2 is 2.07 bits per heavy atom. The van der Waals surface area contributed by atoms with Crippen LogP contribution in [0.25, 0.3) is 0 Å². The van der Waals surface area contributed by atoms with E-state index in [4.69, 9.17) is 4.74 Å². The van der Waals surface area contributed by atoms with Gasteiger partial charge in [0.2, 0.25) is 0 Å². The van der Waals surface area contributed by atoms with E-state index in [0.29, 0.717) is 18.6 Å². The van der Waals surface area contributed by atoms with Crippen LogP contribution in [0.15, 0.2) is 18.2 Å². The molecule has 5 nitrogen and oxygen atoms in total. The van der Waals surface area contributed by atoms with E-state index >= 15 is 0 Å². The topological polar surface area (TPSA) is 53.6 Å². The third-order valence-electron chi connectivity index (χ3n) is 7.21. The van der Waals surface area contributed by atoms with Gasteiger partial charge in [-0.1, -0.05) is 26.7 Å². The molecule has 1 saturated heterocycles. The number of alkyl carbamates (subject to hydrolysis) is 1. The van der Waals surface area contributed by atoms with E-state index in [1.54, 1.807) is 12.1 Å². The number of hydrogen-bond donors (Lipinski definition) is 2. The number of rotatable bonds is 4. The first-order valence-electron chi connectivity index (χ1n) is 11.7. The van der Waals surface area contributed by atoms with Gasteiger partial charge in [-0.15, -0.1) is 0 Å². The van der Waals surface area contributed by atoms with Gasteiger partial charge in [-0.05, 0) is 74.9 Å². The number of amides is 1. The number of hydrogen-bond acceptors (Lipinski definition) is 4. The SMILES string of the molecule is CC(C)COC(=O)NC1CCCCC(N2CCC3(CC2)CNc2ccc(F)cc23)C1. The van der Waals surface area contributed by atoms with Crippen molar-refractivity contribution in [2.45, 2.75) is 76.3 Å². The highest BCUT2D eigenvalue weighted by atomic mass is 19.1. The maximum absolute atomic E-state index is 13.9. The molecule has 1 aromatic carbocycles. The average Bonchev–Trinajstić information content (AvgIpc) is 2.90. The van der Waals surface area contributed by atoms with Crippen molar-refractivity contribution in [1.82, 2.24) is 10.2 Å². The molecule has 2 unspecified atom stereocenters. The Labute approximate surface area is 179 Å².